The molecule has 0 spiro atoms. The largest absolute Gasteiger partial charge is 0.458 e. The minimum atomic E-state index is -4.18. The third-order valence-corrected chi connectivity index (χ3v) is 2.59. The van der Waals surface area contributed by atoms with Gasteiger partial charge in [0.15, 0.2) is 0 Å². The van der Waals surface area contributed by atoms with Crippen molar-refractivity contribution < 1.29 is 31.5 Å². The van der Waals surface area contributed by atoms with E-state index in [2.05, 4.69) is 4.74 Å². The molecule has 0 fully saturated rings. The number of hydrogen-bond acceptors (Lipinski definition) is 2. The predicted molar refractivity (Wildman–Crippen MR) is 66.0 cm³/mol. The van der Waals surface area contributed by atoms with Crippen molar-refractivity contribution in [2.45, 2.75) is 25.2 Å². The van der Waals surface area contributed by atoms with E-state index in [0.29, 0.717) is 0 Å². The Bertz CT molecular complexity index is 520. The Morgan fingerprint density at radius 2 is 1.81 bits per heavy atom. The molecule has 0 amide bonds. The van der Waals surface area contributed by atoms with Gasteiger partial charge < -0.3 is 4.74 Å². The lowest BCUT2D eigenvalue weighted by atomic mass is 10.1. The normalized spacial score (nSPS) is 12.7. The number of halogens is 5. The Morgan fingerprint density at radius 3 is 2.38 bits per heavy atom. The van der Waals surface area contributed by atoms with Gasteiger partial charge in [-0.2, -0.15) is 8.78 Å². The van der Waals surface area contributed by atoms with Crippen LogP contribution in [0.1, 0.15) is 23.7 Å². The van der Waals surface area contributed by atoms with E-state index in [-0.39, 0.29) is 12.5 Å². The molecule has 0 bridgehead atoms. The minimum absolute atomic E-state index is 0.124. The fourth-order valence-corrected chi connectivity index (χ4v) is 1.31. The van der Waals surface area contributed by atoms with E-state index in [1.165, 1.54) is 18.2 Å². The Kier molecular flexibility index (Phi) is 5.46. The lowest BCUT2D eigenvalue weighted by Gasteiger charge is -2.21. The average molecular weight is 308 g/mol. The predicted octanol–water partition coefficient (Wildman–Crippen LogP) is 4.22. The molecule has 0 radical (unpaired) electrons. The number of benzene rings is 1. The summed E-state index contributed by atoms with van der Waals surface area (Å²) in [6.45, 7) is -0.294. The molecule has 0 N–H and O–H groups in total. The van der Waals surface area contributed by atoms with Crippen molar-refractivity contribution in [3.63, 3.8) is 0 Å². The summed E-state index contributed by atoms with van der Waals surface area (Å²) in [7, 11) is 0. The molecule has 0 unspecified atom stereocenters. The second-order valence-electron chi connectivity index (χ2n) is 4.35. The molecule has 0 atom stereocenters. The Morgan fingerprint density at radius 1 is 1.19 bits per heavy atom. The average Bonchev–Trinajstić information content (AvgIpc) is 2.37. The number of alkyl halides is 4. The van der Waals surface area contributed by atoms with Gasteiger partial charge in [0, 0.05) is 13.3 Å². The van der Waals surface area contributed by atoms with Crippen molar-refractivity contribution in [3.8, 4) is 0 Å². The molecular weight excluding hydrogens is 295 g/mol. The molecule has 0 saturated heterocycles. The highest BCUT2D eigenvalue weighted by atomic mass is 19.3. The number of carbonyl (C=O) groups is 1. The summed E-state index contributed by atoms with van der Waals surface area (Å²) in [4.78, 5) is 11.4. The molecule has 0 aliphatic carbocycles. The van der Waals surface area contributed by atoms with E-state index in [1.54, 1.807) is 0 Å². The molecule has 2 nitrogen and oxygen atoms in total. The van der Waals surface area contributed by atoms with Crippen LogP contribution >= 0.6 is 0 Å². The zero-order valence-corrected chi connectivity index (χ0v) is 11.1. The van der Waals surface area contributed by atoms with Gasteiger partial charge in [0.05, 0.1) is 5.56 Å². The molecular formula is C14H13F5O2. The first kappa shape index (κ1) is 17.1. The van der Waals surface area contributed by atoms with Gasteiger partial charge in [0.2, 0.25) is 0 Å². The second-order valence-corrected chi connectivity index (χ2v) is 4.35. The van der Waals surface area contributed by atoms with Gasteiger partial charge in [-0.15, -0.1) is 0 Å². The van der Waals surface area contributed by atoms with Crippen molar-refractivity contribution in [1.29, 1.82) is 0 Å². The van der Waals surface area contributed by atoms with Gasteiger partial charge in [-0.1, -0.05) is 24.3 Å². The lowest BCUT2D eigenvalue weighted by molar-refractivity contribution is -0.194. The standard InChI is InChI=1S/C14H13F5O2/c1-13(16,17)14(18,19)8-4-5-9-21-12(20)10-6-2-3-7-11(10)15/h2-7H,8-9H2,1H3/b5-4+. The van der Waals surface area contributed by atoms with E-state index in [4.69, 9.17) is 0 Å². The lowest BCUT2D eigenvalue weighted by Crippen LogP contribution is -2.36. The van der Waals surface area contributed by atoms with E-state index in [1.807, 2.05) is 0 Å². The summed E-state index contributed by atoms with van der Waals surface area (Å²) >= 11 is 0. The SMILES string of the molecule is CC(F)(F)C(F)(F)C/C=C/COC(=O)c1ccccc1F. The third kappa shape index (κ3) is 4.84. The maximum atomic E-state index is 13.2. The van der Waals surface area contributed by atoms with Gasteiger partial charge in [-0.25, -0.2) is 18.0 Å². The summed E-state index contributed by atoms with van der Waals surface area (Å²) in [5, 5.41) is 0. The van der Waals surface area contributed by atoms with Crippen LogP contribution in [0.2, 0.25) is 0 Å². The first-order valence-corrected chi connectivity index (χ1v) is 5.97. The smallest absolute Gasteiger partial charge is 0.341 e. The molecule has 0 aliphatic heterocycles. The van der Waals surface area contributed by atoms with Crippen LogP contribution in [0.25, 0.3) is 0 Å². The first-order valence-electron chi connectivity index (χ1n) is 5.97. The van der Waals surface area contributed by atoms with Crippen molar-refractivity contribution in [3.05, 3.63) is 47.8 Å². The Balaban J connectivity index is 2.46. The van der Waals surface area contributed by atoms with E-state index < -0.39 is 36.7 Å². The number of carbonyl (C=O) groups excluding carboxylic acids is 1. The molecule has 0 aliphatic rings. The van der Waals surface area contributed by atoms with Crippen LogP contribution in [0.5, 0.6) is 0 Å². The summed E-state index contributed by atoms with van der Waals surface area (Å²) in [5.41, 5.74) is -0.295. The molecule has 0 aromatic heterocycles. The maximum absolute atomic E-state index is 13.2. The third-order valence-electron chi connectivity index (χ3n) is 2.59. The van der Waals surface area contributed by atoms with Crippen molar-refractivity contribution in [1.82, 2.24) is 0 Å². The van der Waals surface area contributed by atoms with E-state index in [9.17, 15) is 26.7 Å². The summed E-state index contributed by atoms with van der Waals surface area (Å²) in [6.07, 6.45) is 0.595. The highest BCUT2D eigenvalue weighted by Gasteiger charge is 2.50. The number of esters is 1. The van der Waals surface area contributed by atoms with E-state index >= 15 is 0 Å². The fraction of sp³-hybridized carbons (Fsp3) is 0.357. The summed E-state index contributed by atoms with van der Waals surface area (Å²) < 4.78 is 68.5. The van der Waals surface area contributed by atoms with Crippen LogP contribution in [0.3, 0.4) is 0 Å². The maximum Gasteiger partial charge on any atom is 0.341 e. The molecule has 116 valence electrons. The van der Waals surface area contributed by atoms with Gasteiger partial charge in [-0.05, 0) is 12.1 Å². The van der Waals surface area contributed by atoms with Gasteiger partial charge in [0.1, 0.15) is 12.4 Å². The van der Waals surface area contributed by atoms with Crippen molar-refractivity contribution in [2.24, 2.45) is 0 Å². The molecule has 0 saturated carbocycles. The van der Waals surface area contributed by atoms with Gasteiger partial charge in [-0.3, -0.25) is 0 Å². The first-order chi connectivity index (χ1) is 9.65. The summed E-state index contributed by atoms with van der Waals surface area (Å²) in [6, 6.07) is 5.09. The highest BCUT2D eigenvalue weighted by molar-refractivity contribution is 5.89. The van der Waals surface area contributed by atoms with Crippen LogP contribution in [-0.4, -0.2) is 24.4 Å². The second kappa shape index (κ2) is 6.69. The van der Waals surface area contributed by atoms with Crippen LogP contribution in [0.4, 0.5) is 22.0 Å². The topological polar surface area (TPSA) is 26.3 Å². The molecule has 1 rings (SSSR count). The van der Waals surface area contributed by atoms with Crippen LogP contribution in [0, 0.1) is 5.82 Å². The zero-order chi connectivity index (χ0) is 16.1. The van der Waals surface area contributed by atoms with Gasteiger partial charge >= 0.3 is 17.8 Å². The Labute approximate surface area is 118 Å². The van der Waals surface area contributed by atoms with Crippen LogP contribution in [-0.2, 0) is 4.74 Å². The Hall–Kier alpha value is -1.92. The van der Waals surface area contributed by atoms with Crippen molar-refractivity contribution >= 4 is 5.97 Å². The quantitative estimate of drug-likeness (QED) is 0.447. The van der Waals surface area contributed by atoms with Crippen LogP contribution < -0.4 is 0 Å². The monoisotopic (exact) mass is 308 g/mol. The number of allylic oxidation sites excluding steroid dienone is 1. The number of ether oxygens (including phenoxy) is 1. The zero-order valence-electron chi connectivity index (χ0n) is 11.1. The fourth-order valence-electron chi connectivity index (χ4n) is 1.31. The highest BCUT2D eigenvalue weighted by Crippen LogP contribution is 2.36. The number of hydrogen-bond donors (Lipinski definition) is 0. The van der Waals surface area contributed by atoms with E-state index in [0.717, 1.165) is 18.2 Å². The van der Waals surface area contributed by atoms with Crippen molar-refractivity contribution in [2.75, 3.05) is 6.61 Å². The van der Waals surface area contributed by atoms with Crippen LogP contribution in [0.15, 0.2) is 36.4 Å². The molecule has 0 heterocycles. The van der Waals surface area contributed by atoms with Gasteiger partial charge in [0.25, 0.3) is 0 Å². The molecule has 7 heteroatoms. The molecule has 21 heavy (non-hydrogen) atoms. The molecule has 1 aromatic rings. The number of rotatable bonds is 6. The minimum Gasteiger partial charge on any atom is -0.458 e. The summed E-state index contributed by atoms with van der Waals surface area (Å²) in [5.74, 6) is -10.1. The molecule has 1 aromatic carbocycles.